The molecule has 94 valence electrons. The molecule has 0 bridgehead atoms. The minimum absolute atomic E-state index is 0.0577. The molecule has 18 heavy (non-hydrogen) atoms. The van der Waals surface area contributed by atoms with Gasteiger partial charge in [-0.15, -0.1) is 5.10 Å². The highest BCUT2D eigenvalue weighted by molar-refractivity contribution is 5.73. The number of rotatable bonds is 4. The third-order valence-electron chi connectivity index (χ3n) is 2.20. The normalized spacial score (nSPS) is 12.1. The van der Waals surface area contributed by atoms with Gasteiger partial charge in [-0.2, -0.15) is 10.1 Å². The average molecular weight is 247 g/mol. The number of nitrogens with one attached hydrogen (secondary N) is 1. The van der Waals surface area contributed by atoms with Gasteiger partial charge in [0, 0.05) is 25.6 Å². The Labute approximate surface area is 104 Å². The van der Waals surface area contributed by atoms with Crippen molar-refractivity contribution in [3.63, 3.8) is 0 Å². The first-order valence-corrected chi connectivity index (χ1v) is 5.53. The molecule has 0 unspecified atom stereocenters. The predicted molar refractivity (Wildman–Crippen MR) is 62.3 cm³/mol. The van der Waals surface area contributed by atoms with Gasteiger partial charge in [0.25, 0.3) is 0 Å². The van der Waals surface area contributed by atoms with Crippen molar-refractivity contribution in [2.45, 2.75) is 26.3 Å². The zero-order valence-electron chi connectivity index (χ0n) is 10.1. The van der Waals surface area contributed by atoms with Crippen LogP contribution in [0.1, 0.15) is 19.7 Å². The van der Waals surface area contributed by atoms with Crippen LogP contribution < -0.4 is 5.32 Å². The highest BCUT2D eigenvalue weighted by Gasteiger charge is 2.13. The maximum absolute atomic E-state index is 10.9. The highest BCUT2D eigenvalue weighted by atomic mass is 16.5. The summed E-state index contributed by atoms with van der Waals surface area (Å²) < 4.78 is 5.09. The van der Waals surface area contributed by atoms with Gasteiger partial charge in [-0.1, -0.05) is 5.16 Å². The molecule has 7 heteroatoms. The molecule has 1 atom stereocenters. The fourth-order valence-electron chi connectivity index (χ4n) is 1.52. The van der Waals surface area contributed by atoms with Gasteiger partial charge in [0.05, 0.1) is 0 Å². The van der Waals surface area contributed by atoms with E-state index in [0.29, 0.717) is 23.8 Å². The van der Waals surface area contributed by atoms with Gasteiger partial charge in [0.2, 0.25) is 17.6 Å². The first-order chi connectivity index (χ1) is 8.65. The summed E-state index contributed by atoms with van der Waals surface area (Å²) in [6.45, 7) is 3.34. The van der Waals surface area contributed by atoms with Crippen molar-refractivity contribution in [2.75, 3.05) is 0 Å². The van der Waals surface area contributed by atoms with Crippen molar-refractivity contribution < 1.29 is 9.32 Å². The SMILES string of the molecule is CC(=O)N[C@H](C)Cc1nc(-c2cccnn2)no1. The molecular weight excluding hydrogens is 234 g/mol. The van der Waals surface area contributed by atoms with Gasteiger partial charge >= 0.3 is 0 Å². The molecular formula is C11H13N5O2. The summed E-state index contributed by atoms with van der Waals surface area (Å²) >= 11 is 0. The molecule has 0 aliphatic carbocycles. The van der Waals surface area contributed by atoms with Crippen LogP contribution in [0.3, 0.4) is 0 Å². The standard InChI is InChI=1S/C11H13N5O2/c1-7(13-8(2)17)6-10-14-11(16-18-10)9-4-3-5-12-15-9/h3-5,7H,6H2,1-2H3,(H,13,17)/t7-/m1/s1. The summed E-state index contributed by atoms with van der Waals surface area (Å²) in [5, 5.41) is 14.2. The summed E-state index contributed by atoms with van der Waals surface area (Å²) in [6.07, 6.45) is 2.05. The topological polar surface area (TPSA) is 93.8 Å². The van der Waals surface area contributed by atoms with Crippen molar-refractivity contribution in [1.82, 2.24) is 25.7 Å². The molecule has 2 aromatic rings. The van der Waals surface area contributed by atoms with Crippen molar-refractivity contribution in [3.8, 4) is 11.5 Å². The van der Waals surface area contributed by atoms with Gasteiger partial charge < -0.3 is 9.84 Å². The smallest absolute Gasteiger partial charge is 0.229 e. The van der Waals surface area contributed by atoms with Crippen LogP contribution in [0, 0.1) is 0 Å². The average Bonchev–Trinajstić information content (AvgIpc) is 2.77. The first-order valence-electron chi connectivity index (χ1n) is 5.53. The van der Waals surface area contributed by atoms with E-state index in [1.165, 1.54) is 6.92 Å². The van der Waals surface area contributed by atoms with E-state index in [-0.39, 0.29) is 11.9 Å². The van der Waals surface area contributed by atoms with Crippen molar-refractivity contribution in [1.29, 1.82) is 0 Å². The van der Waals surface area contributed by atoms with Crippen LogP contribution in [0.4, 0.5) is 0 Å². The van der Waals surface area contributed by atoms with Crippen molar-refractivity contribution in [3.05, 3.63) is 24.2 Å². The number of nitrogens with zero attached hydrogens (tertiary/aromatic N) is 4. The minimum atomic E-state index is -0.0869. The van der Waals surface area contributed by atoms with Gasteiger partial charge in [-0.3, -0.25) is 4.79 Å². The summed E-state index contributed by atoms with van der Waals surface area (Å²) in [4.78, 5) is 15.1. The Bertz CT molecular complexity index is 525. The molecule has 0 aromatic carbocycles. The molecule has 1 N–H and O–H groups in total. The molecule has 0 radical (unpaired) electrons. The van der Waals surface area contributed by atoms with Crippen LogP contribution in [-0.2, 0) is 11.2 Å². The van der Waals surface area contributed by atoms with Crippen LogP contribution in [0.5, 0.6) is 0 Å². The highest BCUT2D eigenvalue weighted by Crippen LogP contribution is 2.11. The Balaban J connectivity index is 2.05. The molecule has 0 aliphatic heterocycles. The summed E-state index contributed by atoms with van der Waals surface area (Å²) in [5.74, 6) is 0.765. The molecule has 0 spiro atoms. The van der Waals surface area contributed by atoms with Gasteiger partial charge in [0.1, 0.15) is 5.69 Å². The molecule has 2 aromatic heterocycles. The fraction of sp³-hybridized carbons (Fsp3) is 0.364. The second kappa shape index (κ2) is 5.35. The van der Waals surface area contributed by atoms with E-state index in [1.54, 1.807) is 18.3 Å². The van der Waals surface area contributed by atoms with Crippen LogP contribution in [-0.4, -0.2) is 32.3 Å². The Morgan fingerprint density at radius 2 is 2.39 bits per heavy atom. The molecule has 0 saturated carbocycles. The minimum Gasteiger partial charge on any atom is -0.353 e. The van der Waals surface area contributed by atoms with Crippen LogP contribution in [0.25, 0.3) is 11.5 Å². The van der Waals surface area contributed by atoms with E-state index in [4.69, 9.17) is 4.52 Å². The molecule has 2 heterocycles. The lowest BCUT2D eigenvalue weighted by atomic mass is 10.2. The van der Waals surface area contributed by atoms with E-state index >= 15 is 0 Å². The Hall–Kier alpha value is -2.31. The second-order valence-electron chi connectivity index (χ2n) is 3.93. The zero-order chi connectivity index (χ0) is 13.0. The summed E-state index contributed by atoms with van der Waals surface area (Å²) in [7, 11) is 0. The lowest BCUT2D eigenvalue weighted by Gasteiger charge is -2.08. The Kier molecular flexibility index (Phi) is 3.61. The molecule has 1 amide bonds. The van der Waals surface area contributed by atoms with E-state index in [1.807, 2.05) is 6.92 Å². The molecule has 0 fully saturated rings. The van der Waals surface area contributed by atoms with Crippen molar-refractivity contribution in [2.24, 2.45) is 0 Å². The number of amides is 1. The number of hydrogen-bond acceptors (Lipinski definition) is 6. The number of hydrogen-bond donors (Lipinski definition) is 1. The summed E-state index contributed by atoms with van der Waals surface area (Å²) in [6, 6.07) is 3.44. The van der Waals surface area contributed by atoms with Crippen LogP contribution in [0.15, 0.2) is 22.9 Å². The van der Waals surface area contributed by atoms with Gasteiger partial charge in [-0.25, -0.2) is 0 Å². The number of carbonyl (C=O) groups is 1. The first kappa shape index (κ1) is 12.2. The van der Waals surface area contributed by atoms with E-state index in [9.17, 15) is 4.79 Å². The lowest BCUT2D eigenvalue weighted by molar-refractivity contribution is -0.119. The van der Waals surface area contributed by atoms with Gasteiger partial charge in [-0.05, 0) is 19.1 Å². The third kappa shape index (κ3) is 3.09. The van der Waals surface area contributed by atoms with E-state index in [0.717, 1.165) is 0 Å². The number of aromatic nitrogens is 4. The largest absolute Gasteiger partial charge is 0.353 e. The van der Waals surface area contributed by atoms with Gasteiger partial charge in [0.15, 0.2) is 0 Å². The Morgan fingerprint density at radius 1 is 1.56 bits per heavy atom. The van der Waals surface area contributed by atoms with E-state index in [2.05, 4.69) is 25.7 Å². The third-order valence-corrected chi connectivity index (χ3v) is 2.20. The van der Waals surface area contributed by atoms with E-state index < -0.39 is 0 Å². The van der Waals surface area contributed by atoms with Crippen LogP contribution >= 0.6 is 0 Å². The molecule has 0 saturated heterocycles. The fourth-order valence-corrected chi connectivity index (χ4v) is 1.52. The zero-order valence-corrected chi connectivity index (χ0v) is 10.1. The lowest BCUT2D eigenvalue weighted by Crippen LogP contribution is -2.32. The number of carbonyl (C=O) groups excluding carboxylic acids is 1. The maximum atomic E-state index is 10.9. The van der Waals surface area contributed by atoms with Crippen molar-refractivity contribution >= 4 is 5.91 Å². The monoisotopic (exact) mass is 247 g/mol. The van der Waals surface area contributed by atoms with Crippen LogP contribution in [0.2, 0.25) is 0 Å². The molecule has 0 aliphatic rings. The quantitative estimate of drug-likeness (QED) is 0.850. The molecule has 2 rings (SSSR count). The molecule has 7 nitrogen and oxygen atoms in total. The predicted octanol–water partition coefficient (Wildman–Crippen LogP) is 0.594. The second-order valence-corrected chi connectivity index (χ2v) is 3.93. The Morgan fingerprint density at radius 3 is 3.06 bits per heavy atom. The maximum Gasteiger partial charge on any atom is 0.229 e. The summed E-state index contributed by atoms with van der Waals surface area (Å²) in [5.41, 5.74) is 0.555.